The minimum Gasteiger partial charge on any atom is -0.333 e. The molecule has 1 aliphatic heterocycles. The Bertz CT molecular complexity index is 679. The van der Waals surface area contributed by atoms with Crippen LogP contribution in [0, 0.1) is 0 Å². The second-order valence-corrected chi connectivity index (χ2v) is 9.53. The van der Waals surface area contributed by atoms with Crippen LogP contribution in [0.5, 0.6) is 0 Å². The van der Waals surface area contributed by atoms with Crippen LogP contribution in [-0.4, -0.2) is 40.5 Å². The molecule has 0 N–H and O–H groups in total. The number of nitrogens with zero attached hydrogens (tertiary/aromatic N) is 3. The number of hydrogen-bond acceptors (Lipinski definition) is 3. The van der Waals surface area contributed by atoms with Crippen molar-refractivity contribution in [2.24, 2.45) is 4.99 Å². The van der Waals surface area contributed by atoms with Gasteiger partial charge >= 0.3 is 0 Å². The second-order valence-electron chi connectivity index (χ2n) is 8.19. The zero-order valence-corrected chi connectivity index (χ0v) is 18.1. The van der Waals surface area contributed by atoms with E-state index < -0.39 is 0 Å². The van der Waals surface area contributed by atoms with E-state index in [4.69, 9.17) is 4.99 Å². The Hall–Kier alpha value is -1.49. The van der Waals surface area contributed by atoms with Crippen molar-refractivity contribution >= 4 is 28.5 Å². The van der Waals surface area contributed by atoms with Gasteiger partial charge in [-0.1, -0.05) is 57.0 Å². The zero-order chi connectivity index (χ0) is 19.6. The molecule has 2 aliphatic rings. The molecule has 2 atom stereocenters. The van der Waals surface area contributed by atoms with Crippen molar-refractivity contribution in [3.63, 3.8) is 0 Å². The molecule has 1 aliphatic carbocycles. The molecule has 27 heavy (non-hydrogen) atoms. The van der Waals surface area contributed by atoms with Crippen LogP contribution < -0.4 is 4.90 Å². The number of amides is 1. The van der Waals surface area contributed by atoms with Crippen molar-refractivity contribution in [2.45, 2.75) is 83.2 Å². The Morgan fingerprint density at radius 3 is 2.37 bits per heavy atom. The first-order valence-electron chi connectivity index (χ1n) is 10.3. The van der Waals surface area contributed by atoms with Gasteiger partial charge in [-0.3, -0.25) is 14.7 Å². The predicted molar refractivity (Wildman–Crippen MR) is 117 cm³/mol. The van der Waals surface area contributed by atoms with Gasteiger partial charge in [0.2, 0.25) is 5.91 Å². The second kappa shape index (κ2) is 8.68. The Labute approximate surface area is 168 Å². The molecule has 5 heteroatoms. The standard InChI is InChI=1S/C22H33N3OS/c1-15(2)18-11-13-20(14-12-18)25(17(4)26)21-16(3)27-22(24(21)5)23-19-9-7-6-8-10-19/h11-16,19,21H,6-10H2,1-5H3. The fraction of sp³-hybridized carbons (Fsp3) is 0.636. The highest BCUT2D eigenvalue weighted by Crippen LogP contribution is 2.36. The summed E-state index contributed by atoms with van der Waals surface area (Å²) in [5.74, 6) is 0.568. The summed E-state index contributed by atoms with van der Waals surface area (Å²) in [6.07, 6.45) is 6.31. The summed E-state index contributed by atoms with van der Waals surface area (Å²) in [7, 11) is 2.08. The Balaban J connectivity index is 1.84. The van der Waals surface area contributed by atoms with E-state index in [2.05, 4.69) is 57.0 Å². The van der Waals surface area contributed by atoms with Crippen molar-refractivity contribution in [3.8, 4) is 0 Å². The first-order valence-corrected chi connectivity index (χ1v) is 11.1. The van der Waals surface area contributed by atoms with Gasteiger partial charge in [0, 0.05) is 24.9 Å². The van der Waals surface area contributed by atoms with Crippen LogP contribution >= 0.6 is 11.8 Å². The molecule has 148 valence electrons. The van der Waals surface area contributed by atoms with Crippen LogP contribution in [0.2, 0.25) is 0 Å². The van der Waals surface area contributed by atoms with E-state index >= 15 is 0 Å². The van der Waals surface area contributed by atoms with E-state index in [0.717, 1.165) is 10.9 Å². The van der Waals surface area contributed by atoms with Gasteiger partial charge in [-0.15, -0.1) is 0 Å². The number of carbonyl (C=O) groups excluding carboxylic acids is 1. The molecule has 0 aromatic heterocycles. The maximum Gasteiger partial charge on any atom is 0.225 e. The lowest BCUT2D eigenvalue weighted by molar-refractivity contribution is -0.117. The summed E-state index contributed by atoms with van der Waals surface area (Å²) in [6, 6.07) is 8.89. The van der Waals surface area contributed by atoms with Crippen LogP contribution in [0.15, 0.2) is 29.3 Å². The largest absolute Gasteiger partial charge is 0.333 e. The summed E-state index contributed by atoms with van der Waals surface area (Å²) in [5, 5.41) is 1.37. The van der Waals surface area contributed by atoms with Crippen LogP contribution in [-0.2, 0) is 4.79 Å². The fourth-order valence-electron chi connectivity index (χ4n) is 4.15. The highest BCUT2D eigenvalue weighted by molar-refractivity contribution is 8.14. The van der Waals surface area contributed by atoms with E-state index in [9.17, 15) is 4.79 Å². The predicted octanol–water partition coefficient (Wildman–Crippen LogP) is 5.24. The van der Waals surface area contributed by atoms with E-state index in [0.29, 0.717) is 12.0 Å². The van der Waals surface area contributed by atoms with Gasteiger partial charge in [0.15, 0.2) is 5.17 Å². The molecule has 1 heterocycles. The molecular formula is C22H33N3OS. The van der Waals surface area contributed by atoms with Crippen LogP contribution in [0.3, 0.4) is 0 Å². The van der Waals surface area contributed by atoms with Gasteiger partial charge in [-0.05, 0) is 43.4 Å². The highest BCUT2D eigenvalue weighted by atomic mass is 32.2. The molecule has 1 aromatic carbocycles. The maximum atomic E-state index is 12.6. The van der Waals surface area contributed by atoms with E-state index in [1.165, 1.54) is 37.7 Å². The molecular weight excluding hydrogens is 354 g/mol. The normalized spacial score (nSPS) is 25.4. The van der Waals surface area contributed by atoms with E-state index in [-0.39, 0.29) is 17.3 Å². The molecule has 0 spiro atoms. The number of hydrogen-bond donors (Lipinski definition) is 0. The number of benzene rings is 1. The molecule has 1 amide bonds. The van der Waals surface area contributed by atoms with Crippen LogP contribution in [0.25, 0.3) is 0 Å². The molecule has 0 bridgehead atoms. The summed E-state index contributed by atoms with van der Waals surface area (Å²) in [4.78, 5) is 21.8. The number of aliphatic imine (C=N–C) groups is 1. The maximum absolute atomic E-state index is 12.6. The molecule has 3 rings (SSSR count). The lowest BCUT2D eigenvalue weighted by atomic mass is 9.96. The SMILES string of the molecule is CC(=O)N(c1ccc(C(C)C)cc1)C1C(C)SC(=NC2CCCCC2)N1C. The number of thioether (sulfide) groups is 1. The summed E-state index contributed by atoms with van der Waals surface area (Å²) >= 11 is 1.81. The number of rotatable bonds is 4. The Morgan fingerprint density at radius 2 is 1.81 bits per heavy atom. The molecule has 1 saturated carbocycles. The van der Waals surface area contributed by atoms with Crippen molar-refractivity contribution in [2.75, 3.05) is 11.9 Å². The van der Waals surface area contributed by atoms with Crippen molar-refractivity contribution in [1.29, 1.82) is 0 Å². The third-order valence-corrected chi connectivity index (χ3v) is 6.94. The quantitative estimate of drug-likeness (QED) is 0.708. The van der Waals surface area contributed by atoms with Crippen LogP contribution in [0.1, 0.15) is 71.3 Å². The highest BCUT2D eigenvalue weighted by Gasteiger charge is 2.40. The lowest BCUT2D eigenvalue weighted by Crippen LogP contribution is -2.50. The first kappa shape index (κ1) is 20.2. The lowest BCUT2D eigenvalue weighted by Gasteiger charge is -2.35. The molecule has 0 radical (unpaired) electrons. The molecule has 2 fully saturated rings. The summed E-state index contributed by atoms with van der Waals surface area (Å²) in [5.41, 5.74) is 2.26. The fourth-order valence-corrected chi connectivity index (χ4v) is 5.39. The summed E-state index contributed by atoms with van der Waals surface area (Å²) in [6.45, 7) is 8.25. The number of anilines is 1. The zero-order valence-electron chi connectivity index (χ0n) is 17.3. The minimum absolute atomic E-state index is 0.000240. The average Bonchev–Trinajstić information content (AvgIpc) is 2.91. The van der Waals surface area contributed by atoms with Gasteiger partial charge < -0.3 is 4.90 Å². The van der Waals surface area contributed by atoms with Crippen LogP contribution in [0.4, 0.5) is 5.69 Å². The topological polar surface area (TPSA) is 35.9 Å². The van der Waals surface area contributed by atoms with E-state index in [1.54, 1.807) is 18.7 Å². The molecule has 1 aromatic rings. The minimum atomic E-state index is -0.000240. The van der Waals surface area contributed by atoms with Gasteiger partial charge in [0.25, 0.3) is 0 Å². The van der Waals surface area contributed by atoms with Crippen molar-refractivity contribution in [3.05, 3.63) is 29.8 Å². The monoisotopic (exact) mass is 387 g/mol. The van der Waals surface area contributed by atoms with Crippen molar-refractivity contribution < 1.29 is 4.79 Å². The molecule has 1 saturated heterocycles. The van der Waals surface area contributed by atoms with Gasteiger partial charge in [-0.25, -0.2) is 0 Å². The third kappa shape index (κ3) is 4.50. The Morgan fingerprint density at radius 1 is 1.19 bits per heavy atom. The average molecular weight is 388 g/mol. The Kier molecular flexibility index (Phi) is 6.51. The number of carbonyl (C=O) groups is 1. The molecule has 2 unspecified atom stereocenters. The van der Waals surface area contributed by atoms with Crippen molar-refractivity contribution in [1.82, 2.24) is 4.90 Å². The van der Waals surface area contributed by atoms with Gasteiger partial charge in [0.1, 0.15) is 6.17 Å². The first-order chi connectivity index (χ1) is 12.9. The van der Waals surface area contributed by atoms with E-state index in [1.807, 2.05) is 4.90 Å². The molecule has 4 nitrogen and oxygen atoms in total. The summed E-state index contributed by atoms with van der Waals surface area (Å²) < 4.78 is 0. The number of amidine groups is 1. The van der Waals surface area contributed by atoms with Gasteiger partial charge in [0.05, 0.1) is 6.04 Å². The van der Waals surface area contributed by atoms with Gasteiger partial charge in [-0.2, -0.15) is 0 Å². The smallest absolute Gasteiger partial charge is 0.225 e. The third-order valence-electron chi connectivity index (χ3n) is 5.72.